The zero-order valence-corrected chi connectivity index (χ0v) is 18.9. The second kappa shape index (κ2) is 8.13. The molecule has 0 aliphatic carbocycles. The molecule has 1 N–H and O–H groups in total. The molecule has 0 aliphatic heterocycles. The van der Waals surface area contributed by atoms with Gasteiger partial charge in [-0.3, -0.25) is 4.79 Å². The first-order valence-electron chi connectivity index (χ1n) is 9.18. The van der Waals surface area contributed by atoms with Crippen molar-refractivity contribution in [3.63, 3.8) is 0 Å². The standard InChI is InChI=1S/C23H18BrClN2O3/c1-12-4-7-19-20(8-12)30-23(27-19)16-11-15(5-6-18(16)25)26-22(28)17-10-14(24)9-13(2)21(17)29-3/h4-11H,1-3H3,(H,26,28). The van der Waals surface area contributed by atoms with Gasteiger partial charge >= 0.3 is 0 Å². The monoisotopic (exact) mass is 484 g/mol. The summed E-state index contributed by atoms with van der Waals surface area (Å²) in [4.78, 5) is 17.4. The van der Waals surface area contributed by atoms with Crippen LogP contribution in [0.15, 0.2) is 57.4 Å². The highest BCUT2D eigenvalue weighted by atomic mass is 79.9. The number of aryl methyl sites for hydroxylation is 2. The van der Waals surface area contributed by atoms with E-state index in [4.69, 9.17) is 20.8 Å². The molecule has 0 bridgehead atoms. The molecule has 7 heteroatoms. The maximum atomic E-state index is 12.9. The van der Waals surface area contributed by atoms with Crippen LogP contribution in [0.25, 0.3) is 22.6 Å². The summed E-state index contributed by atoms with van der Waals surface area (Å²) < 4.78 is 12.1. The number of oxazole rings is 1. The Balaban J connectivity index is 1.69. The van der Waals surface area contributed by atoms with Gasteiger partial charge in [-0.2, -0.15) is 0 Å². The first-order chi connectivity index (χ1) is 14.4. The van der Waals surface area contributed by atoms with Crippen LogP contribution in [0, 0.1) is 13.8 Å². The number of anilines is 1. The Labute approximate surface area is 187 Å². The number of hydrogen-bond acceptors (Lipinski definition) is 4. The van der Waals surface area contributed by atoms with E-state index in [1.54, 1.807) is 31.4 Å². The highest BCUT2D eigenvalue weighted by Crippen LogP contribution is 2.33. The molecule has 152 valence electrons. The lowest BCUT2D eigenvalue weighted by molar-refractivity contribution is 0.102. The van der Waals surface area contributed by atoms with E-state index >= 15 is 0 Å². The normalized spacial score (nSPS) is 11.0. The third kappa shape index (κ3) is 3.93. The van der Waals surface area contributed by atoms with E-state index in [2.05, 4.69) is 26.2 Å². The zero-order chi connectivity index (χ0) is 21.4. The van der Waals surface area contributed by atoms with Crippen molar-refractivity contribution in [3.8, 4) is 17.2 Å². The molecular weight excluding hydrogens is 468 g/mol. The van der Waals surface area contributed by atoms with Crippen LogP contribution >= 0.6 is 27.5 Å². The van der Waals surface area contributed by atoms with Crippen LogP contribution in [0.3, 0.4) is 0 Å². The van der Waals surface area contributed by atoms with Gasteiger partial charge in [-0.05, 0) is 67.4 Å². The van der Waals surface area contributed by atoms with Gasteiger partial charge in [0.05, 0.1) is 23.3 Å². The largest absolute Gasteiger partial charge is 0.496 e. The first kappa shape index (κ1) is 20.4. The Bertz CT molecular complexity index is 1280. The van der Waals surface area contributed by atoms with E-state index in [1.165, 1.54) is 0 Å². The molecule has 30 heavy (non-hydrogen) atoms. The number of amides is 1. The number of carbonyl (C=O) groups excluding carboxylic acids is 1. The summed E-state index contributed by atoms with van der Waals surface area (Å²) in [6, 6.07) is 14.6. The lowest BCUT2D eigenvalue weighted by Gasteiger charge is -2.13. The summed E-state index contributed by atoms with van der Waals surface area (Å²) in [5, 5.41) is 3.38. The van der Waals surface area contributed by atoms with Crippen molar-refractivity contribution in [1.29, 1.82) is 0 Å². The topological polar surface area (TPSA) is 64.4 Å². The third-order valence-electron chi connectivity index (χ3n) is 4.69. The van der Waals surface area contributed by atoms with E-state index in [-0.39, 0.29) is 5.91 Å². The van der Waals surface area contributed by atoms with Gasteiger partial charge in [0.25, 0.3) is 5.91 Å². The van der Waals surface area contributed by atoms with Crippen LogP contribution in [0.1, 0.15) is 21.5 Å². The minimum atomic E-state index is -0.294. The fourth-order valence-corrected chi connectivity index (χ4v) is 4.05. The first-order valence-corrected chi connectivity index (χ1v) is 10.4. The van der Waals surface area contributed by atoms with E-state index in [9.17, 15) is 4.79 Å². The van der Waals surface area contributed by atoms with Crippen LogP contribution in [0.4, 0.5) is 5.69 Å². The molecule has 0 radical (unpaired) electrons. The number of fused-ring (bicyclic) bond motifs is 1. The third-order valence-corrected chi connectivity index (χ3v) is 5.47. The molecule has 5 nitrogen and oxygen atoms in total. The number of aromatic nitrogens is 1. The summed E-state index contributed by atoms with van der Waals surface area (Å²) >= 11 is 9.82. The van der Waals surface area contributed by atoms with Gasteiger partial charge in [-0.15, -0.1) is 0 Å². The smallest absolute Gasteiger partial charge is 0.259 e. The summed E-state index contributed by atoms with van der Waals surface area (Å²) in [6.07, 6.45) is 0. The van der Waals surface area contributed by atoms with E-state index < -0.39 is 0 Å². The Morgan fingerprint density at radius 1 is 1.13 bits per heavy atom. The number of benzene rings is 3. The molecular formula is C23H18BrClN2O3. The van der Waals surface area contributed by atoms with Gasteiger partial charge < -0.3 is 14.5 Å². The number of rotatable bonds is 4. The minimum Gasteiger partial charge on any atom is -0.496 e. The van der Waals surface area contributed by atoms with Gasteiger partial charge in [0.1, 0.15) is 11.3 Å². The summed E-state index contributed by atoms with van der Waals surface area (Å²) in [5.41, 5.74) is 4.96. The molecule has 4 aromatic rings. The molecule has 0 saturated heterocycles. The van der Waals surface area contributed by atoms with Gasteiger partial charge in [0.2, 0.25) is 5.89 Å². The number of halogens is 2. The van der Waals surface area contributed by atoms with Gasteiger partial charge in [-0.25, -0.2) is 4.98 Å². The lowest BCUT2D eigenvalue weighted by atomic mass is 10.1. The molecule has 0 atom stereocenters. The van der Waals surface area contributed by atoms with Crippen LogP contribution in [-0.4, -0.2) is 18.0 Å². The van der Waals surface area contributed by atoms with Crippen LogP contribution < -0.4 is 10.1 Å². The average Bonchev–Trinajstić information content (AvgIpc) is 3.11. The van der Waals surface area contributed by atoms with Crippen molar-refractivity contribution in [2.24, 2.45) is 0 Å². The molecule has 1 amide bonds. The molecule has 3 aromatic carbocycles. The quantitative estimate of drug-likeness (QED) is 0.346. The van der Waals surface area contributed by atoms with E-state index in [1.807, 2.05) is 38.1 Å². The summed E-state index contributed by atoms with van der Waals surface area (Å²) in [6.45, 7) is 3.87. The molecule has 0 aliphatic rings. The van der Waals surface area contributed by atoms with Crippen LogP contribution in [0.2, 0.25) is 5.02 Å². The Kier molecular flexibility index (Phi) is 5.54. The number of hydrogen-bond donors (Lipinski definition) is 1. The molecule has 0 fully saturated rings. The minimum absolute atomic E-state index is 0.294. The maximum absolute atomic E-state index is 12.9. The molecule has 1 heterocycles. The van der Waals surface area contributed by atoms with Crippen molar-refractivity contribution < 1.29 is 13.9 Å². The molecule has 1 aromatic heterocycles. The number of carbonyl (C=O) groups is 1. The molecule has 0 unspecified atom stereocenters. The van der Waals surface area contributed by atoms with Crippen LogP contribution in [-0.2, 0) is 0 Å². The highest BCUT2D eigenvalue weighted by molar-refractivity contribution is 9.10. The summed E-state index contributed by atoms with van der Waals surface area (Å²) in [5.74, 6) is 0.629. The SMILES string of the molecule is COc1c(C)cc(Br)cc1C(=O)Nc1ccc(Cl)c(-c2nc3ccc(C)cc3o2)c1. The molecule has 0 saturated carbocycles. The van der Waals surface area contributed by atoms with Gasteiger partial charge in [-0.1, -0.05) is 33.6 Å². The zero-order valence-electron chi connectivity index (χ0n) is 16.5. The fraction of sp³-hybridized carbons (Fsp3) is 0.130. The summed E-state index contributed by atoms with van der Waals surface area (Å²) in [7, 11) is 1.54. The van der Waals surface area contributed by atoms with Gasteiger partial charge in [0.15, 0.2) is 5.58 Å². The number of nitrogens with one attached hydrogen (secondary N) is 1. The Morgan fingerprint density at radius 3 is 2.70 bits per heavy atom. The number of ether oxygens (including phenoxy) is 1. The van der Waals surface area contributed by atoms with Crippen molar-refractivity contribution >= 4 is 50.2 Å². The molecule has 0 spiro atoms. The second-order valence-corrected chi connectivity index (χ2v) is 8.27. The fourth-order valence-electron chi connectivity index (χ4n) is 3.28. The Morgan fingerprint density at radius 2 is 1.93 bits per heavy atom. The predicted molar refractivity (Wildman–Crippen MR) is 123 cm³/mol. The van der Waals surface area contributed by atoms with Crippen molar-refractivity contribution in [2.75, 3.05) is 12.4 Å². The van der Waals surface area contributed by atoms with E-state index in [0.29, 0.717) is 39.1 Å². The number of methoxy groups -OCH3 is 1. The van der Waals surface area contributed by atoms with E-state index in [0.717, 1.165) is 21.1 Å². The second-order valence-electron chi connectivity index (χ2n) is 6.94. The Hall–Kier alpha value is -2.83. The van der Waals surface area contributed by atoms with Crippen LogP contribution in [0.5, 0.6) is 5.75 Å². The van der Waals surface area contributed by atoms with Crippen molar-refractivity contribution in [3.05, 3.63) is 74.7 Å². The van der Waals surface area contributed by atoms with Crippen molar-refractivity contribution in [1.82, 2.24) is 4.98 Å². The lowest BCUT2D eigenvalue weighted by Crippen LogP contribution is -2.14. The molecule has 4 rings (SSSR count). The van der Waals surface area contributed by atoms with Gasteiger partial charge in [0, 0.05) is 10.2 Å². The number of nitrogens with zero attached hydrogens (tertiary/aromatic N) is 1. The maximum Gasteiger partial charge on any atom is 0.259 e. The van der Waals surface area contributed by atoms with Crippen molar-refractivity contribution in [2.45, 2.75) is 13.8 Å². The predicted octanol–water partition coefficient (Wildman–Crippen LogP) is 6.79. The average molecular weight is 486 g/mol. The highest BCUT2D eigenvalue weighted by Gasteiger charge is 2.18.